The molecule has 2 aromatic rings. The first-order valence-corrected chi connectivity index (χ1v) is 10.8. The van der Waals surface area contributed by atoms with E-state index in [0.29, 0.717) is 17.5 Å². The van der Waals surface area contributed by atoms with E-state index in [4.69, 9.17) is 11.2 Å². The van der Waals surface area contributed by atoms with Gasteiger partial charge in [-0.25, -0.2) is 0 Å². The molecule has 0 fully saturated rings. The van der Waals surface area contributed by atoms with Gasteiger partial charge in [-0.3, -0.25) is 14.3 Å². The Labute approximate surface area is 162 Å². The number of nitrogens with one attached hydrogen (secondary N) is 2. The highest BCUT2D eigenvalue weighted by molar-refractivity contribution is 8.27. The molecule has 2 rings (SSSR count). The van der Waals surface area contributed by atoms with Crippen molar-refractivity contribution in [3.8, 4) is 0 Å². The maximum absolute atomic E-state index is 12.5. The largest absolute Gasteiger partial charge is 0.347 e. The molecule has 0 aliphatic rings. The Bertz CT molecular complexity index is 830. The van der Waals surface area contributed by atoms with Crippen molar-refractivity contribution in [3.63, 3.8) is 0 Å². The van der Waals surface area contributed by atoms with Crippen LogP contribution >= 0.6 is 0 Å². The van der Waals surface area contributed by atoms with E-state index in [1.54, 1.807) is 12.3 Å². The Balaban J connectivity index is 2.08. The summed E-state index contributed by atoms with van der Waals surface area (Å²) in [5, 5.41) is 3.07. The summed E-state index contributed by atoms with van der Waals surface area (Å²) in [5.74, 6) is -0.279. The molecule has 6 heteroatoms. The number of aryl methyl sites for hydroxylation is 1. The fourth-order valence-corrected chi connectivity index (χ4v) is 3.26. The second-order valence-electron chi connectivity index (χ2n) is 6.97. The van der Waals surface area contributed by atoms with E-state index in [0.717, 1.165) is 11.1 Å². The minimum atomic E-state index is -0.576. The maximum Gasteiger partial charge on any atom is 0.261 e. The van der Waals surface area contributed by atoms with E-state index in [2.05, 4.69) is 10.0 Å². The number of hydrogen-bond donors (Lipinski definition) is 2. The minimum Gasteiger partial charge on any atom is -0.347 e. The van der Waals surface area contributed by atoms with E-state index >= 15 is 0 Å². The summed E-state index contributed by atoms with van der Waals surface area (Å²) in [6.45, 7) is 5.93. The third-order valence-electron chi connectivity index (χ3n) is 3.84. The highest BCUT2D eigenvalue weighted by atomic mass is 32.8. The molecule has 0 spiro atoms. The van der Waals surface area contributed by atoms with Crippen LogP contribution in [0.15, 0.2) is 48.5 Å². The molecule has 1 atom stereocenters. The Morgan fingerprint density at radius 1 is 1.04 bits per heavy atom. The number of amides is 2. The van der Waals surface area contributed by atoms with Crippen molar-refractivity contribution in [2.45, 2.75) is 32.7 Å². The molecule has 1 unspecified atom stereocenters. The Morgan fingerprint density at radius 3 is 2.31 bits per heavy atom. The molecule has 0 aliphatic carbocycles. The summed E-state index contributed by atoms with van der Waals surface area (Å²) in [4.78, 5) is 24.6. The van der Waals surface area contributed by atoms with Crippen LogP contribution in [0.2, 0.25) is 0 Å². The molecule has 0 radical (unpaired) electrons. The molecule has 2 aromatic carbocycles. The Hall–Kier alpha value is -2.05. The molecule has 2 amide bonds. The van der Waals surface area contributed by atoms with Gasteiger partial charge >= 0.3 is 0 Å². The first kappa shape index (κ1) is 20.3. The van der Waals surface area contributed by atoms with Gasteiger partial charge in [-0.05, 0) is 77.8 Å². The highest BCUT2D eigenvalue weighted by Gasteiger charge is 2.22. The summed E-state index contributed by atoms with van der Waals surface area (Å²) in [6.07, 6.45) is 2.39. The van der Waals surface area contributed by atoms with Crippen molar-refractivity contribution < 1.29 is 9.59 Å². The van der Waals surface area contributed by atoms with Crippen molar-refractivity contribution in [2.24, 2.45) is 0 Å². The smallest absolute Gasteiger partial charge is 0.261 e. The predicted octanol–water partition coefficient (Wildman–Crippen LogP) is 3.10. The molecule has 4 nitrogen and oxygen atoms in total. The molecule has 0 heterocycles. The topological polar surface area (TPSA) is 58.2 Å². The van der Waals surface area contributed by atoms with Crippen LogP contribution < -0.4 is 10.0 Å². The summed E-state index contributed by atoms with van der Waals surface area (Å²) < 4.78 is 2.74. The van der Waals surface area contributed by atoms with Crippen molar-refractivity contribution in [1.82, 2.24) is 10.0 Å². The van der Waals surface area contributed by atoms with Crippen LogP contribution in [0.1, 0.15) is 45.7 Å². The van der Waals surface area contributed by atoms with Crippen molar-refractivity contribution >= 4 is 32.6 Å². The van der Waals surface area contributed by atoms with Gasteiger partial charge in [0.25, 0.3) is 11.8 Å². The number of carbonyl (C=O) groups excluding carboxylic acids is 2. The van der Waals surface area contributed by atoms with Gasteiger partial charge in [0.05, 0.1) is 0 Å². The second kappa shape index (κ2) is 8.56. The lowest BCUT2D eigenvalue weighted by molar-refractivity contribution is 0.0911. The van der Waals surface area contributed by atoms with Crippen LogP contribution in [0.5, 0.6) is 0 Å². The molecule has 138 valence electrons. The van der Waals surface area contributed by atoms with Gasteiger partial charge in [0.2, 0.25) is 0 Å². The first-order valence-electron chi connectivity index (χ1n) is 8.29. The van der Waals surface area contributed by atoms with Crippen LogP contribution in [-0.2, 0) is 27.2 Å². The van der Waals surface area contributed by atoms with E-state index in [9.17, 15) is 9.59 Å². The van der Waals surface area contributed by atoms with Gasteiger partial charge in [-0.2, -0.15) is 0 Å². The van der Waals surface area contributed by atoms with Crippen LogP contribution in [0.4, 0.5) is 0 Å². The van der Waals surface area contributed by atoms with Crippen LogP contribution in [-0.4, -0.2) is 23.6 Å². The lowest BCUT2D eigenvalue weighted by Crippen LogP contribution is -2.45. The Kier molecular flexibility index (Phi) is 6.67. The van der Waals surface area contributed by atoms with Gasteiger partial charge in [-0.1, -0.05) is 29.8 Å². The molecule has 26 heavy (non-hydrogen) atoms. The van der Waals surface area contributed by atoms with Gasteiger partial charge in [0.15, 0.2) is 0 Å². The van der Waals surface area contributed by atoms with E-state index in [1.807, 2.05) is 63.2 Å². The molecular formula is C20H24N2O2S2. The first-order chi connectivity index (χ1) is 12.2. The number of rotatable bonds is 6. The van der Waals surface area contributed by atoms with E-state index < -0.39 is 15.2 Å². The standard InChI is InChI=1S/C20H24N2O2S2/c1-14-8-10-16(11-9-14)18(23)21-20(2,3)13-15-6-5-7-17(12-15)19(24)22-26(4)25/h5-12H,13H2,1-4H3,(H,21,23)(H,22,24). The quantitative estimate of drug-likeness (QED) is 0.799. The number of carbonyl (C=O) groups is 2. The molecule has 0 aliphatic heterocycles. The highest BCUT2D eigenvalue weighted by Crippen LogP contribution is 2.16. The molecule has 0 saturated heterocycles. The zero-order valence-corrected chi connectivity index (χ0v) is 17.1. The van der Waals surface area contributed by atoms with Crippen molar-refractivity contribution in [2.75, 3.05) is 6.26 Å². The average Bonchev–Trinajstić information content (AvgIpc) is 2.54. The third-order valence-corrected chi connectivity index (χ3v) is 4.56. The van der Waals surface area contributed by atoms with Crippen molar-refractivity contribution in [3.05, 3.63) is 70.8 Å². The molecule has 0 saturated carbocycles. The Morgan fingerprint density at radius 2 is 1.69 bits per heavy atom. The molecule has 0 bridgehead atoms. The van der Waals surface area contributed by atoms with E-state index in [-0.39, 0.29) is 11.8 Å². The van der Waals surface area contributed by atoms with Crippen LogP contribution in [0, 0.1) is 6.92 Å². The SMILES string of the molecule is Cc1ccc(C(=O)NC(C)(C)Cc2cccc(C(=O)NS(C)=S)c2)cc1. The lowest BCUT2D eigenvalue weighted by atomic mass is 9.93. The van der Waals surface area contributed by atoms with E-state index in [1.165, 1.54) is 0 Å². The number of hydrogen-bond acceptors (Lipinski definition) is 3. The van der Waals surface area contributed by atoms with Gasteiger partial charge in [-0.15, -0.1) is 0 Å². The maximum atomic E-state index is 12.5. The van der Waals surface area contributed by atoms with Gasteiger partial charge in [0.1, 0.15) is 0 Å². The zero-order chi connectivity index (χ0) is 19.3. The monoisotopic (exact) mass is 388 g/mol. The predicted molar refractivity (Wildman–Crippen MR) is 111 cm³/mol. The van der Waals surface area contributed by atoms with Crippen molar-refractivity contribution in [1.29, 1.82) is 0 Å². The van der Waals surface area contributed by atoms with Gasteiger partial charge in [0, 0.05) is 22.9 Å². The van der Waals surface area contributed by atoms with Gasteiger partial charge < -0.3 is 5.32 Å². The summed E-state index contributed by atoms with van der Waals surface area (Å²) in [6, 6.07) is 14.9. The lowest BCUT2D eigenvalue weighted by Gasteiger charge is -2.27. The zero-order valence-electron chi connectivity index (χ0n) is 15.5. The normalized spacial score (nSPS) is 12.3. The fraction of sp³-hybridized carbons (Fsp3) is 0.300. The average molecular weight is 389 g/mol. The second-order valence-corrected chi connectivity index (χ2v) is 9.58. The summed E-state index contributed by atoms with van der Waals surface area (Å²) >= 11 is 5.03. The molecular weight excluding hydrogens is 364 g/mol. The van der Waals surface area contributed by atoms with Crippen LogP contribution in [0.25, 0.3) is 0 Å². The summed E-state index contributed by atoms with van der Waals surface area (Å²) in [7, 11) is -0.576. The molecule has 2 N–H and O–H groups in total. The minimum absolute atomic E-state index is 0.106. The third kappa shape index (κ3) is 6.04. The number of benzene rings is 2. The summed E-state index contributed by atoms with van der Waals surface area (Å²) in [5.41, 5.74) is 2.85. The fourth-order valence-electron chi connectivity index (χ4n) is 2.65. The molecule has 0 aromatic heterocycles. The van der Waals surface area contributed by atoms with Crippen LogP contribution in [0.3, 0.4) is 0 Å².